The van der Waals surface area contributed by atoms with Crippen molar-refractivity contribution in [3.05, 3.63) is 0 Å². The van der Waals surface area contributed by atoms with E-state index < -0.39 is 23.7 Å². The fraction of sp³-hybridized carbons (Fsp3) is 0.900. The van der Waals surface area contributed by atoms with Crippen LogP contribution in [0.4, 0.5) is 0 Å². The first-order chi connectivity index (χ1) is 24.4. The highest BCUT2D eigenvalue weighted by Gasteiger charge is 2.54. The summed E-state index contributed by atoms with van der Waals surface area (Å²) in [5.74, 6) is -2.88. The molecule has 0 bridgehead atoms. The fourth-order valence-electron chi connectivity index (χ4n) is 7.68. The van der Waals surface area contributed by atoms with E-state index in [2.05, 4.69) is 13.8 Å². The molecule has 50 heavy (non-hydrogen) atoms. The van der Waals surface area contributed by atoms with E-state index in [1.165, 1.54) is 38.5 Å². The van der Waals surface area contributed by atoms with Gasteiger partial charge in [-0.25, -0.2) is 0 Å². The summed E-state index contributed by atoms with van der Waals surface area (Å²) in [6.07, 6.45) is 21.9. The Kier molecular flexibility index (Phi) is 18.4. The molecule has 8 atom stereocenters. The molecule has 0 aromatic rings. The largest absolute Gasteiger partial charge is 0.465 e. The highest BCUT2D eigenvalue weighted by molar-refractivity contribution is 5.83. The Balaban J connectivity index is 0.931. The first-order valence-electron chi connectivity index (χ1n) is 20.4. The first kappa shape index (κ1) is 40.6. The van der Waals surface area contributed by atoms with Crippen molar-refractivity contribution in [1.82, 2.24) is 0 Å². The second kappa shape index (κ2) is 22.7. The lowest BCUT2D eigenvalue weighted by Crippen LogP contribution is -2.37. The van der Waals surface area contributed by atoms with Crippen molar-refractivity contribution in [3.63, 3.8) is 0 Å². The second-order valence-corrected chi connectivity index (χ2v) is 15.1. The minimum Gasteiger partial charge on any atom is -0.465 e. The lowest BCUT2D eigenvalue weighted by Gasteiger charge is -2.26. The van der Waals surface area contributed by atoms with E-state index >= 15 is 0 Å². The van der Waals surface area contributed by atoms with Crippen LogP contribution in [0.1, 0.15) is 155 Å². The van der Waals surface area contributed by atoms with Crippen LogP contribution in [-0.4, -0.2) is 74.7 Å². The molecule has 286 valence electrons. The molecule has 0 aromatic carbocycles. The molecule has 2 aliphatic heterocycles. The number of rotatable bonds is 27. The normalized spacial score (nSPS) is 27.8. The average Bonchev–Trinajstić information content (AvgIpc) is 4.05. The van der Waals surface area contributed by atoms with Crippen LogP contribution in [0, 0.1) is 23.7 Å². The highest BCUT2D eigenvalue weighted by atomic mass is 16.6. The SMILES string of the molecule is CCCCCOC(=O)C1CC2OC2CC1C(=O)OCCCCCCCCCCCCCCOC(=O)C1CC2OC2CC1C(=O)OCCCCC. The number of ether oxygens (including phenoxy) is 6. The van der Waals surface area contributed by atoms with Gasteiger partial charge in [-0.3, -0.25) is 19.2 Å². The van der Waals surface area contributed by atoms with Gasteiger partial charge in [0.15, 0.2) is 0 Å². The number of hydrogen-bond acceptors (Lipinski definition) is 10. The zero-order chi connectivity index (χ0) is 35.6. The molecule has 2 aliphatic carbocycles. The van der Waals surface area contributed by atoms with Crippen molar-refractivity contribution >= 4 is 23.9 Å². The molecule has 8 unspecified atom stereocenters. The Hall–Kier alpha value is -2.20. The smallest absolute Gasteiger partial charge is 0.309 e. The Morgan fingerprint density at radius 1 is 0.380 bits per heavy atom. The molecule has 4 fully saturated rings. The Labute approximate surface area is 300 Å². The van der Waals surface area contributed by atoms with Gasteiger partial charge in [-0.05, 0) is 51.4 Å². The summed E-state index contributed by atoms with van der Waals surface area (Å²) >= 11 is 0. The summed E-state index contributed by atoms with van der Waals surface area (Å²) in [6.45, 7) is 5.88. The third kappa shape index (κ3) is 14.1. The molecular formula is C40H66O10. The van der Waals surface area contributed by atoms with Crippen LogP contribution in [0.2, 0.25) is 0 Å². The second-order valence-electron chi connectivity index (χ2n) is 15.1. The van der Waals surface area contributed by atoms with Crippen molar-refractivity contribution in [2.45, 2.75) is 180 Å². The van der Waals surface area contributed by atoms with E-state index in [4.69, 9.17) is 28.4 Å². The summed E-state index contributed by atoms with van der Waals surface area (Å²) < 4.78 is 33.4. The maximum atomic E-state index is 12.8. The highest BCUT2D eigenvalue weighted by Crippen LogP contribution is 2.45. The monoisotopic (exact) mass is 706 g/mol. The molecular weight excluding hydrogens is 640 g/mol. The number of carbonyl (C=O) groups is 4. The van der Waals surface area contributed by atoms with E-state index in [0.29, 0.717) is 52.1 Å². The number of esters is 4. The van der Waals surface area contributed by atoms with Crippen LogP contribution in [0.3, 0.4) is 0 Å². The van der Waals surface area contributed by atoms with Gasteiger partial charge in [-0.2, -0.15) is 0 Å². The molecule has 2 saturated carbocycles. The zero-order valence-electron chi connectivity index (χ0n) is 31.1. The van der Waals surface area contributed by atoms with Crippen LogP contribution in [0.5, 0.6) is 0 Å². The molecule has 0 amide bonds. The summed E-state index contributed by atoms with van der Waals surface area (Å²) in [7, 11) is 0. The number of fused-ring (bicyclic) bond motifs is 2. The van der Waals surface area contributed by atoms with Gasteiger partial charge in [0.05, 0.1) is 74.5 Å². The average molecular weight is 707 g/mol. The van der Waals surface area contributed by atoms with Gasteiger partial charge in [-0.15, -0.1) is 0 Å². The molecule has 10 nitrogen and oxygen atoms in total. The minimum absolute atomic E-state index is 0.0928. The maximum absolute atomic E-state index is 12.8. The summed E-state index contributed by atoms with van der Waals surface area (Å²) in [4.78, 5) is 51.0. The lowest BCUT2D eigenvalue weighted by atomic mass is 9.79. The number of unbranched alkanes of at least 4 members (excludes halogenated alkanes) is 15. The molecule has 0 N–H and O–H groups in total. The molecule has 2 heterocycles. The first-order valence-corrected chi connectivity index (χ1v) is 20.4. The van der Waals surface area contributed by atoms with Crippen molar-refractivity contribution in [2.24, 2.45) is 23.7 Å². The molecule has 0 aromatic heterocycles. The maximum Gasteiger partial charge on any atom is 0.309 e. The van der Waals surface area contributed by atoms with Crippen molar-refractivity contribution in [3.8, 4) is 0 Å². The van der Waals surface area contributed by atoms with Gasteiger partial charge in [-0.1, -0.05) is 104 Å². The van der Waals surface area contributed by atoms with Gasteiger partial charge in [0.25, 0.3) is 0 Å². The predicted octanol–water partition coefficient (Wildman–Crippen LogP) is 7.81. The fourth-order valence-corrected chi connectivity index (χ4v) is 7.68. The zero-order valence-corrected chi connectivity index (χ0v) is 31.1. The van der Waals surface area contributed by atoms with Gasteiger partial charge in [0.1, 0.15) is 0 Å². The molecule has 2 saturated heterocycles. The number of carbonyl (C=O) groups excluding carboxylic acids is 4. The van der Waals surface area contributed by atoms with Crippen LogP contribution in [0.15, 0.2) is 0 Å². The number of epoxide rings is 2. The summed E-state index contributed by atoms with van der Waals surface area (Å²) in [5, 5.41) is 0. The van der Waals surface area contributed by atoms with Gasteiger partial charge in [0.2, 0.25) is 0 Å². The molecule has 0 spiro atoms. The van der Waals surface area contributed by atoms with E-state index in [9.17, 15) is 19.2 Å². The van der Waals surface area contributed by atoms with E-state index in [1.807, 2.05) is 0 Å². The lowest BCUT2D eigenvalue weighted by molar-refractivity contribution is -0.162. The Morgan fingerprint density at radius 2 is 0.600 bits per heavy atom. The molecule has 4 aliphatic rings. The third-order valence-electron chi connectivity index (χ3n) is 11.0. The van der Waals surface area contributed by atoms with Crippen LogP contribution in [0.25, 0.3) is 0 Å². The quantitative estimate of drug-likeness (QED) is 0.0361. The van der Waals surface area contributed by atoms with E-state index in [0.717, 1.165) is 77.0 Å². The summed E-state index contributed by atoms with van der Waals surface area (Å²) in [6, 6.07) is 0. The van der Waals surface area contributed by atoms with Crippen LogP contribution < -0.4 is 0 Å². The molecule has 4 rings (SSSR count). The van der Waals surface area contributed by atoms with Gasteiger partial charge in [0, 0.05) is 0 Å². The minimum atomic E-state index is -0.450. The van der Waals surface area contributed by atoms with Crippen LogP contribution >= 0.6 is 0 Å². The van der Waals surface area contributed by atoms with Gasteiger partial charge < -0.3 is 28.4 Å². The summed E-state index contributed by atoms with van der Waals surface area (Å²) in [5.41, 5.74) is 0. The van der Waals surface area contributed by atoms with E-state index in [1.54, 1.807) is 0 Å². The predicted molar refractivity (Wildman–Crippen MR) is 188 cm³/mol. The topological polar surface area (TPSA) is 130 Å². The standard InChI is InChI=1S/C40H66O10/c1-3-5-17-21-45-37(41)29-25-33-35(49-33)27-31(29)39(43)47-23-19-15-13-11-9-7-8-10-12-14-16-20-24-48-40(44)32-28-36-34(50-36)26-30(32)38(42)46-22-18-6-4-2/h29-36H,3-28H2,1-2H3. The van der Waals surface area contributed by atoms with Gasteiger partial charge >= 0.3 is 23.9 Å². The Bertz CT molecular complexity index is 952. The van der Waals surface area contributed by atoms with Crippen molar-refractivity contribution in [1.29, 1.82) is 0 Å². The molecule has 10 heteroatoms. The van der Waals surface area contributed by atoms with E-state index in [-0.39, 0.29) is 48.3 Å². The molecule has 0 radical (unpaired) electrons. The Morgan fingerprint density at radius 3 is 0.840 bits per heavy atom. The van der Waals surface area contributed by atoms with Crippen molar-refractivity contribution < 1.29 is 47.6 Å². The third-order valence-corrected chi connectivity index (χ3v) is 11.0. The van der Waals surface area contributed by atoms with Crippen molar-refractivity contribution in [2.75, 3.05) is 26.4 Å². The number of hydrogen-bond donors (Lipinski definition) is 0. The van der Waals surface area contributed by atoms with Crippen LogP contribution in [-0.2, 0) is 47.6 Å².